The molecule has 0 fully saturated rings. The highest BCUT2D eigenvalue weighted by Gasteiger charge is 2.06. The van der Waals surface area contributed by atoms with Crippen LogP contribution in [0.5, 0.6) is 6.01 Å². The Morgan fingerprint density at radius 2 is 2.06 bits per heavy atom. The molecule has 0 aliphatic heterocycles. The molecular formula is C13H12N4O. The van der Waals surface area contributed by atoms with Crippen LogP contribution in [0.4, 0.5) is 0 Å². The van der Waals surface area contributed by atoms with Gasteiger partial charge in [0.15, 0.2) is 0 Å². The van der Waals surface area contributed by atoms with Crippen LogP contribution in [0.2, 0.25) is 0 Å². The minimum absolute atomic E-state index is 0.384. The van der Waals surface area contributed by atoms with Gasteiger partial charge in [0, 0.05) is 11.3 Å². The highest BCUT2D eigenvalue weighted by molar-refractivity contribution is 5.80. The topological polar surface area (TPSA) is 63.7 Å². The molecule has 2 aromatic heterocycles. The van der Waals surface area contributed by atoms with Crippen LogP contribution >= 0.6 is 0 Å². The Kier molecular flexibility index (Phi) is 2.44. The molecule has 0 bridgehead atoms. The molecule has 0 aliphatic carbocycles. The molecule has 0 aliphatic rings. The predicted molar refractivity (Wildman–Crippen MR) is 68.4 cm³/mol. The Balaban J connectivity index is 2.15. The lowest BCUT2D eigenvalue weighted by atomic mass is 10.1. The molecule has 2 heterocycles. The average molecular weight is 240 g/mol. The third-order valence-corrected chi connectivity index (χ3v) is 2.73. The summed E-state index contributed by atoms with van der Waals surface area (Å²) >= 11 is 0. The largest absolute Gasteiger partial charge is 0.467 e. The maximum atomic E-state index is 5.09. The smallest absolute Gasteiger partial charge is 0.316 e. The van der Waals surface area contributed by atoms with E-state index in [1.54, 1.807) is 13.4 Å². The van der Waals surface area contributed by atoms with E-state index in [1.165, 1.54) is 0 Å². The van der Waals surface area contributed by atoms with Gasteiger partial charge in [-0.15, -0.1) is 0 Å². The van der Waals surface area contributed by atoms with E-state index in [0.717, 1.165) is 28.0 Å². The van der Waals surface area contributed by atoms with E-state index in [2.05, 4.69) is 19.9 Å². The second-order valence-electron chi connectivity index (χ2n) is 4.02. The number of imidazole rings is 1. The quantitative estimate of drug-likeness (QED) is 0.746. The molecule has 90 valence electrons. The lowest BCUT2D eigenvalue weighted by Crippen LogP contribution is -1.96. The number of hydrogen-bond donors (Lipinski definition) is 1. The summed E-state index contributed by atoms with van der Waals surface area (Å²) in [7, 11) is 1.57. The lowest BCUT2D eigenvalue weighted by molar-refractivity contribution is 0.379. The monoisotopic (exact) mass is 240 g/mol. The molecule has 0 saturated heterocycles. The van der Waals surface area contributed by atoms with Crippen molar-refractivity contribution in [3.8, 4) is 17.3 Å². The van der Waals surface area contributed by atoms with Gasteiger partial charge < -0.3 is 9.72 Å². The number of ether oxygens (including phenoxy) is 1. The summed E-state index contributed by atoms with van der Waals surface area (Å²) < 4.78 is 5.09. The summed E-state index contributed by atoms with van der Waals surface area (Å²) in [5.74, 6) is 0. The number of hydrogen-bond acceptors (Lipinski definition) is 4. The van der Waals surface area contributed by atoms with E-state index in [4.69, 9.17) is 4.74 Å². The van der Waals surface area contributed by atoms with Gasteiger partial charge in [-0.25, -0.2) is 9.97 Å². The van der Waals surface area contributed by atoms with Crippen molar-refractivity contribution in [2.75, 3.05) is 7.11 Å². The van der Waals surface area contributed by atoms with Crippen molar-refractivity contribution in [3.63, 3.8) is 0 Å². The number of H-pyrrole nitrogens is 1. The van der Waals surface area contributed by atoms with Gasteiger partial charge in [0.1, 0.15) is 0 Å². The molecule has 5 nitrogen and oxygen atoms in total. The van der Waals surface area contributed by atoms with Crippen molar-refractivity contribution in [2.24, 2.45) is 0 Å². The fourth-order valence-corrected chi connectivity index (χ4v) is 1.88. The van der Waals surface area contributed by atoms with Crippen molar-refractivity contribution in [1.29, 1.82) is 0 Å². The van der Waals surface area contributed by atoms with Crippen LogP contribution in [0.15, 0.2) is 30.6 Å². The predicted octanol–water partition coefficient (Wildman–Crippen LogP) is 2.34. The van der Waals surface area contributed by atoms with Gasteiger partial charge in [-0.2, -0.15) is 4.98 Å². The molecule has 5 heteroatoms. The van der Waals surface area contributed by atoms with Crippen molar-refractivity contribution in [2.45, 2.75) is 6.92 Å². The molecular weight excluding hydrogens is 228 g/mol. The number of nitrogens with one attached hydrogen (secondary N) is 1. The van der Waals surface area contributed by atoms with Crippen LogP contribution in [0.3, 0.4) is 0 Å². The summed E-state index contributed by atoms with van der Waals surface area (Å²) in [6.07, 6.45) is 1.68. The highest BCUT2D eigenvalue weighted by atomic mass is 16.5. The number of methoxy groups -OCH3 is 1. The average Bonchev–Trinajstić information content (AvgIpc) is 2.85. The number of rotatable bonds is 2. The van der Waals surface area contributed by atoms with Crippen molar-refractivity contribution >= 4 is 11.0 Å². The molecule has 0 unspecified atom stereocenters. The van der Waals surface area contributed by atoms with E-state index in [9.17, 15) is 0 Å². The summed E-state index contributed by atoms with van der Waals surface area (Å²) in [5, 5.41) is 0. The van der Waals surface area contributed by atoms with E-state index >= 15 is 0 Å². The molecule has 0 saturated carbocycles. The van der Waals surface area contributed by atoms with E-state index in [0.29, 0.717) is 6.01 Å². The third-order valence-electron chi connectivity index (χ3n) is 2.73. The number of aromatic nitrogens is 4. The van der Waals surface area contributed by atoms with Gasteiger partial charge in [0.05, 0.1) is 30.2 Å². The second kappa shape index (κ2) is 4.10. The first kappa shape index (κ1) is 10.7. The Morgan fingerprint density at radius 3 is 2.89 bits per heavy atom. The summed E-state index contributed by atoms with van der Waals surface area (Å²) in [6, 6.07) is 8.29. The van der Waals surface area contributed by atoms with E-state index in [1.807, 2.05) is 31.2 Å². The van der Waals surface area contributed by atoms with E-state index in [-0.39, 0.29) is 0 Å². The van der Waals surface area contributed by atoms with Gasteiger partial charge in [-0.3, -0.25) is 0 Å². The standard InChI is InChI=1S/C13H12N4O/c1-8-5-11(17-13(16-8)18-2)9-3-4-10-12(6-9)15-7-14-10/h3-7H,1-2H3,(H,14,15). The number of nitrogens with zero attached hydrogens (tertiary/aromatic N) is 3. The first-order valence-corrected chi connectivity index (χ1v) is 5.59. The lowest BCUT2D eigenvalue weighted by Gasteiger charge is -2.04. The van der Waals surface area contributed by atoms with Crippen molar-refractivity contribution in [1.82, 2.24) is 19.9 Å². The van der Waals surface area contributed by atoms with Crippen LogP contribution in [0.25, 0.3) is 22.3 Å². The maximum absolute atomic E-state index is 5.09. The number of aromatic amines is 1. The molecule has 0 amide bonds. The van der Waals surface area contributed by atoms with Crippen molar-refractivity contribution in [3.05, 3.63) is 36.3 Å². The van der Waals surface area contributed by atoms with Crippen molar-refractivity contribution < 1.29 is 4.74 Å². The van der Waals surface area contributed by atoms with E-state index < -0.39 is 0 Å². The third kappa shape index (κ3) is 1.79. The normalized spacial score (nSPS) is 10.8. The molecule has 1 aromatic carbocycles. The maximum Gasteiger partial charge on any atom is 0.316 e. The second-order valence-corrected chi connectivity index (χ2v) is 4.02. The zero-order chi connectivity index (χ0) is 12.5. The Bertz CT molecular complexity index is 705. The Hall–Kier alpha value is -2.43. The Morgan fingerprint density at radius 1 is 1.17 bits per heavy atom. The van der Waals surface area contributed by atoms with Gasteiger partial charge in [0.25, 0.3) is 0 Å². The van der Waals surface area contributed by atoms with Crippen LogP contribution in [-0.4, -0.2) is 27.0 Å². The summed E-state index contributed by atoms with van der Waals surface area (Å²) in [6.45, 7) is 1.92. The zero-order valence-corrected chi connectivity index (χ0v) is 10.1. The summed E-state index contributed by atoms with van der Waals surface area (Å²) in [4.78, 5) is 15.8. The molecule has 0 atom stereocenters. The van der Waals surface area contributed by atoms with Gasteiger partial charge >= 0.3 is 6.01 Å². The molecule has 18 heavy (non-hydrogen) atoms. The SMILES string of the molecule is COc1nc(C)cc(-c2ccc3nc[nH]c3c2)n1. The molecule has 3 rings (SSSR count). The number of benzene rings is 1. The first-order valence-electron chi connectivity index (χ1n) is 5.59. The van der Waals surface area contributed by atoms with Crippen LogP contribution in [0, 0.1) is 6.92 Å². The van der Waals surface area contributed by atoms with Crippen LogP contribution < -0.4 is 4.74 Å². The molecule has 3 aromatic rings. The highest BCUT2D eigenvalue weighted by Crippen LogP contribution is 2.23. The fraction of sp³-hybridized carbons (Fsp3) is 0.154. The zero-order valence-electron chi connectivity index (χ0n) is 10.1. The van der Waals surface area contributed by atoms with Gasteiger partial charge in [0.2, 0.25) is 0 Å². The van der Waals surface area contributed by atoms with Crippen LogP contribution in [-0.2, 0) is 0 Å². The first-order chi connectivity index (χ1) is 8.76. The van der Waals surface area contributed by atoms with Gasteiger partial charge in [-0.05, 0) is 25.1 Å². The molecule has 0 spiro atoms. The van der Waals surface area contributed by atoms with Crippen LogP contribution in [0.1, 0.15) is 5.69 Å². The Labute approximate surface area is 104 Å². The minimum atomic E-state index is 0.384. The fourth-order valence-electron chi connectivity index (χ4n) is 1.88. The number of fused-ring (bicyclic) bond motifs is 1. The van der Waals surface area contributed by atoms with Gasteiger partial charge in [-0.1, -0.05) is 6.07 Å². The minimum Gasteiger partial charge on any atom is -0.467 e. The molecule has 0 radical (unpaired) electrons. The number of aryl methyl sites for hydroxylation is 1. The summed E-state index contributed by atoms with van der Waals surface area (Å²) in [5.41, 5.74) is 4.66. The molecule has 1 N–H and O–H groups in total.